The van der Waals surface area contributed by atoms with Gasteiger partial charge in [0.05, 0.1) is 0 Å². The van der Waals surface area contributed by atoms with Gasteiger partial charge in [0, 0.05) is 474 Å². The van der Waals surface area contributed by atoms with Crippen LogP contribution in [0.1, 0.15) is 0 Å². The van der Waals surface area contributed by atoms with E-state index in [0.29, 0.717) is 0 Å². The van der Waals surface area contributed by atoms with Gasteiger partial charge in [0.1, 0.15) is 0 Å². The molecule has 0 aromatic heterocycles. The van der Waals surface area contributed by atoms with Gasteiger partial charge in [-0.1, -0.05) is 0 Å². The lowest BCUT2D eigenvalue weighted by molar-refractivity contribution is 3.11. The summed E-state index contributed by atoms with van der Waals surface area (Å²) < 4.78 is 0. The minimum atomic E-state index is -2.64. The third-order valence-corrected chi connectivity index (χ3v) is 25.6. The molecule has 0 aliphatic heterocycles. The van der Waals surface area contributed by atoms with Crippen molar-refractivity contribution in [2.75, 3.05) is 0 Å². The Morgan fingerprint density at radius 1 is 0.0840 bits per heavy atom. The predicted molar refractivity (Wildman–Crippen MR) is 685 cm³/mol. The smallest absolute Gasteiger partial charge is 0 e. The number of rotatable bonds is 58. The van der Waals surface area contributed by atoms with Crippen LogP contribution < -0.4 is 0 Å². The largest absolute Gasteiger partial charge is 0.690 e. The maximum absolute atomic E-state index is 7.75. The molecule has 0 amide bonds. The van der Waals surface area contributed by atoms with Gasteiger partial charge in [-0.05, 0) is 353 Å². The first-order chi connectivity index (χ1) is 54.2. The minimum absolute atomic E-state index is 0.901. The quantitative estimate of drug-likeness (QED) is 0.0533. The minimum Gasteiger partial charge on any atom is -0.690 e. The van der Waals surface area contributed by atoms with Gasteiger partial charge in [-0.2, -0.15) is 0 Å². The van der Waals surface area contributed by atoms with Gasteiger partial charge in [-0.3, -0.25) is 7.06 Å². The summed E-state index contributed by atoms with van der Waals surface area (Å²) in [4.78, 5) is 0. The van der Waals surface area contributed by atoms with Crippen LogP contribution in [0.3, 0.4) is 0 Å². The monoisotopic (exact) mass is 1310 g/mol. The van der Waals surface area contributed by atoms with Crippen molar-refractivity contribution in [3.63, 3.8) is 0 Å². The Morgan fingerprint density at radius 3 is 0.185 bits per heavy atom. The second-order valence-corrected chi connectivity index (χ2v) is 33.7. The Balaban J connectivity index is 16.5. The van der Waals surface area contributed by atoms with Crippen LogP contribution in [-0.4, -0.2) is 842 Å². The molecule has 0 aliphatic carbocycles. The van der Waals surface area contributed by atoms with Gasteiger partial charge in [-0.25, -0.2) is 0 Å². The highest BCUT2D eigenvalue weighted by atomic mass is 13.5. The Bertz CT molecular complexity index is 2070. The predicted octanol–water partition coefficient (Wildman–Crippen LogP) is -45.3. The fourth-order valence-electron chi connectivity index (χ4n) is 21.7. The lowest BCUT2D eigenvalue weighted by Gasteiger charge is -2.64. The topological polar surface area (TPSA) is 0 Å². The van der Waals surface area contributed by atoms with Crippen LogP contribution in [0, 0.1) is 0 Å². The van der Waals surface area contributed by atoms with Gasteiger partial charge in [0.15, 0.2) is 0 Å². The van der Waals surface area contributed by atoms with Crippen molar-refractivity contribution in [1.29, 1.82) is 0 Å². The Labute approximate surface area is 832 Å². The molecule has 0 aliphatic rings. The van der Waals surface area contributed by atoms with Crippen molar-refractivity contribution in [1.82, 2.24) is 0 Å². The molecule has 119 heteroatoms. The van der Waals surface area contributed by atoms with E-state index < -0.39 is 370 Å². The molecule has 0 atom stereocenters. The summed E-state index contributed by atoms with van der Waals surface area (Å²) in [5, 5.41) is 0. The summed E-state index contributed by atoms with van der Waals surface area (Å²) in [6.07, 6.45) is -121. The van der Waals surface area contributed by atoms with E-state index in [1.54, 1.807) is 0 Å². The lowest BCUT2D eigenvalue weighted by atomic mass is 8.17. The second kappa shape index (κ2) is 58.6. The van der Waals surface area contributed by atoms with Crippen LogP contribution in [0.15, 0.2) is 0 Å². The zero-order valence-electron chi connectivity index (χ0n) is 68.7. The van der Waals surface area contributed by atoms with E-state index >= 15 is 0 Å². The Hall–Kier alpha value is 7.73. The van der Waals surface area contributed by atoms with Gasteiger partial charge in [-0.15, -0.1) is 0 Å². The molecule has 0 nitrogen and oxygen atoms in total. The first kappa shape index (κ1) is 127. The molecule has 0 aromatic rings. The maximum atomic E-state index is 7.75. The molecular weight excluding hydrogens is 1290 g/mol. The van der Waals surface area contributed by atoms with Crippen molar-refractivity contribution in [3.8, 4) is 0 Å². The second-order valence-electron chi connectivity index (χ2n) is 33.7. The number of hydrogen-bond donors (Lipinski definition) is 0. The van der Waals surface area contributed by atoms with Crippen LogP contribution in [0.4, 0.5) is 0 Å². The van der Waals surface area contributed by atoms with Crippen LogP contribution in [-0.2, 0) is 0 Å². The maximum Gasteiger partial charge on any atom is 0 e. The van der Waals surface area contributed by atoms with Crippen molar-refractivity contribution >= 4 is 842 Å². The highest BCUT2D eigenvalue weighted by Crippen LogP contribution is 2.32. The number of hydrogen-bond acceptors (Lipinski definition) is 0. The molecule has 0 unspecified atom stereocenters. The summed E-state index contributed by atoms with van der Waals surface area (Å²) in [6, 6.07) is 0. The molecule has 0 saturated heterocycles. The zero-order chi connectivity index (χ0) is 94.2. The molecule has 0 fully saturated rings. The molecule has 358 valence electrons. The average molecular weight is 1290 g/mol. The van der Waals surface area contributed by atoms with Crippen LogP contribution in [0.5, 0.6) is 0 Å². The normalized spacial score (nSPS) is 9.86. The molecule has 0 N–H and O–H groups in total. The first-order valence-electron chi connectivity index (χ1n) is 39.3. The molecule has 0 saturated carbocycles. The lowest BCUT2D eigenvalue weighted by Crippen LogP contribution is -3.02. The van der Waals surface area contributed by atoms with Gasteiger partial charge < -0.3 is 7.74 Å². The summed E-state index contributed by atoms with van der Waals surface area (Å²) in [6.45, 7) is 0. The molecule has 0 rings (SSSR count). The summed E-state index contributed by atoms with van der Waals surface area (Å²) in [5.74, 6) is 0. The highest BCUT2D eigenvalue weighted by Gasteiger charge is 2.70. The zero-order valence-corrected chi connectivity index (χ0v) is 68.7. The third kappa shape index (κ3) is 34.1. The molecule has 0 heterocycles. The Kier molecular flexibility index (Phi) is 62.4. The van der Waals surface area contributed by atoms with E-state index in [4.69, 9.17) is 464 Å². The van der Waals surface area contributed by atoms with Crippen molar-refractivity contribution in [3.05, 3.63) is 0 Å². The Morgan fingerprint density at radius 2 is 0.134 bits per heavy atom. The third-order valence-electron chi connectivity index (χ3n) is 25.6. The van der Waals surface area contributed by atoms with Gasteiger partial charge >= 0.3 is 0 Å². The van der Waals surface area contributed by atoms with Crippen LogP contribution in [0.2, 0.25) is 0 Å². The SMILES string of the molecule is [B]B([B])B(B([B])[B])B(B(B([B])[B])B([B])[B])B(B(B([B])[B])B([B])[B][B-])B(B(B(B(B([B])[B])B([B])[B])B(B([B])[B])B([B])[B])B(B(B([B])[B])B([B])[B])B(B([B])[B])B([B])[B])B(B(B(B(B([B])[B])B([B])[B])B(B([B])[B])B([B])[B])B(B(B([B])[B])B([B])[B])B(B([B])[B])B([B])[B])B(B(B(B([B])[B])B([B])[B])B(B([B])[B])B([B])[B])B(B(B([B])[B])B([B])[B])B(B([B])[B])B([B])[B]. The molecule has 0 spiro atoms. The van der Waals surface area contributed by atoms with Crippen molar-refractivity contribution in [2.24, 2.45) is 0 Å². The van der Waals surface area contributed by atoms with Crippen molar-refractivity contribution in [2.45, 2.75) is 0 Å². The first-order valence-corrected chi connectivity index (χ1v) is 39.3. The van der Waals surface area contributed by atoms with E-state index in [-0.39, 0.29) is 0 Å². The molecule has 0 bridgehead atoms. The van der Waals surface area contributed by atoms with Gasteiger partial charge in [0.25, 0.3) is 0 Å². The molecule has 119 heavy (non-hydrogen) atoms. The molecular formula is B119-. The fourth-order valence-corrected chi connectivity index (χ4v) is 21.7. The highest BCUT2D eigenvalue weighted by molar-refractivity contribution is 8.46. The fraction of sp³-hybridized carbons (Fsp3) is 0. The average Bonchev–Trinajstić information content (AvgIpc) is 0.701. The van der Waals surface area contributed by atoms with Crippen LogP contribution in [0.25, 0.3) is 0 Å². The standard InChI is InChI=1S/B119/c1-61-91(60)106(90(58)59)114(107(92(62(2)3)63(4)5)93(64(6)7)65(8)9)118(115(108(94(66(10)11)67(12)13)95(68(14)15)69(16)17)109(96(70(18)19)71(20)21)97(72(22)23)73(24)25)119(116(110(98(74(26)27)75(28)29)99(76(30)31)77(32)33)111(100(78(34)35)79(36)37)101(80(38)39)81(40)41)117(112(102(82(42)43)83(44)45)103(84(46)47)85(48)49)113(104(86(50)51)87(52)53)105(88(54)55)89(56)57/q-1. The van der Waals surface area contributed by atoms with Crippen molar-refractivity contribution < 1.29 is 0 Å². The summed E-state index contributed by atoms with van der Waals surface area (Å²) >= 11 is 0. The van der Waals surface area contributed by atoms with E-state index in [2.05, 4.69) is 0 Å². The van der Waals surface area contributed by atoms with Gasteiger partial charge in [0.2, 0.25) is 0 Å². The van der Waals surface area contributed by atoms with E-state index in [9.17, 15) is 0 Å². The summed E-state index contributed by atoms with van der Waals surface area (Å²) in [7, 11) is 440. The van der Waals surface area contributed by atoms with E-state index in [1.807, 2.05) is 0 Å². The van der Waals surface area contributed by atoms with E-state index in [0.717, 1.165) is 7.06 Å². The van der Waals surface area contributed by atoms with E-state index in [1.165, 1.54) is 0 Å². The molecule has 122 radical (unpaired) electrons. The summed E-state index contributed by atoms with van der Waals surface area (Å²) in [5.41, 5.74) is 0. The van der Waals surface area contributed by atoms with Crippen LogP contribution >= 0.6 is 0 Å². The molecule has 0 aromatic carbocycles.